The van der Waals surface area contributed by atoms with Gasteiger partial charge in [0.15, 0.2) is 0 Å². The van der Waals surface area contributed by atoms with Crippen molar-refractivity contribution in [2.75, 3.05) is 6.54 Å². The van der Waals surface area contributed by atoms with Gasteiger partial charge in [-0.05, 0) is 29.2 Å². The largest absolute Gasteiger partial charge is 1.00 e. The van der Waals surface area contributed by atoms with Crippen LogP contribution in [0, 0.1) is 6.92 Å². The van der Waals surface area contributed by atoms with E-state index in [4.69, 9.17) is 14.2 Å². The summed E-state index contributed by atoms with van der Waals surface area (Å²) in [5.74, 6) is 0. The maximum atomic E-state index is 6.62. The van der Waals surface area contributed by atoms with Crippen LogP contribution in [0.25, 0.3) is 0 Å². The SMILES string of the molecule is [Br-].[CH2][C@H]1[C@@H](OCc2ccccc2)[C@H](OCc2ccccc2)[C@@H](OCc2ccccc2)CN1Cc1ccccc1.[Hg+]. The van der Waals surface area contributed by atoms with Gasteiger partial charge in [-0.2, -0.15) is 0 Å². The smallest absolute Gasteiger partial charge is 1.00 e. The van der Waals surface area contributed by atoms with E-state index in [2.05, 4.69) is 72.5 Å². The molecule has 1 saturated heterocycles. The Morgan fingerprint density at radius 3 is 1.38 bits per heavy atom. The standard InChI is InChI=1S/C34H36NO3.BrH.Hg/c1-27-33(37-25-30-18-10-4-11-19-30)34(38-26-31-20-12-5-13-21-31)32(36-24-29-16-8-3-9-17-29)23-35(27)22-28-14-6-2-7-15-28;;/h2-21,27,32-34H,1,22-26H2;1H;/q;;+1/p-1/t27-,32-,33+,34+;;/m0../s1. The molecule has 4 aromatic carbocycles. The third kappa shape index (κ3) is 9.33. The molecule has 4 nitrogen and oxygen atoms in total. The summed E-state index contributed by atoms with van der Waals surface area (Å²) in [6, 6.07) is 41.3. The topological polar surface area (TPSA) is 30.9 Å². The van der Waals surface area contributed by atoms with Crippen LogP contribution in [0.4, 0.5) is 0 Å². The van der Waals surface area contributed by atoms with E-state index in [1.807, 2.05) is 60.7 Å². The minimum Gasteiger partial charge on any atom is -1.00 e. The van der Waals surface area contributed by atoms with Crippen LogP contribution < -0.4 is 17.0 Å². The molecule has 1 aliphatic heterocycles. The van der Waals surface area contributed by atoms with Crippen LogP contribution in [-0.4, -0.2) is 35.8 Å². The van der Waals surface area contributed by atoms with Crippen LogP contribution in [-0.2, 0) is 68.2 Å². The fourth-order valence-corrected chi connectivity index (χ4v) is 4.97. The van der Waals surface area contributed by atoms with Gasteiger partial charge in [-0.3, -0.25) is 4.90 Å². The Kier molecular flexibility index (Phi) is 14.0. The molecule has 0 spiro atoms. The van der Waals surface area contributed by atoms with Crippen molar-refractivity contribution in [3.63, 3.8) is 0 Å². The van der Waals surface area contributed by atoms with Crippen molar-refractivity contribution in [1.29, 1.82) is 0 Å². The van der Waals surface area contributed by atoms with Gasteiger partial charge in [0.25, 0.3) is 0 Å². The third-order valence-corrected chi connectivity index (χ3v) is 7.06. The summed E-state index contributed by atoms with van der Waals surface area (Å²) in [4.78, 5) is 2.36. The first-order valence-corrected chi connectivity index (χ1v) is 13.3. The van der Waals surface area contributed by atoms with Gasteiger partial charge in [-0.15, -0.1) is 0 Å². The van der Waals surface area contributed by atoms with Crippen molar-refractivity contribution in [2.24, 2.45) is 0 Å². The molecular formula is C34H36BrHgNO3. The molecule has 6 heteroatoms. The van der Waals surface area contributed by atoms with Crippen molar-refractivity contribution in [3.05, 3.63) is 151 Å². The van der Waals surface area contributed by atoms with Crippen LogP contribution in [0.1, 0.15) is 22.3 Å². The zero-order valence-electron chi connectivity index (χ0n) is 22.9. The molecule has 204 valence electrons. The summed E-state index contributed by atoms with van der Waals surface area (Å²) in [5, 5.41) is 0. The van der Waals surface area contributed by atoms with E-state index in [1.165, 1.54) is 5.56 Å². The predicted octanol–water partition coefficient (Wildman–Crippen LogP) is 3.46. The number of benzene rings is 4. The molecule has 40 heavy (non-hydrogen) atoms. The van der Waals surface area contributed by atoms with Gasteiger partial charge in [0.1, 0.15) is 12.2 Å². The Morgan fingerprint density at radius 2 is 0.925 bits per heavy atom. The summed E-state index contributed by atoms with van der Waals surface area (Å²) in [7, 11) is 0. The number of hydrogen-bond acceptors (Lipinski definition) is 4. The molecule has 1 heterocycles. The fraction of sp³-hybridized carbons (Fsp3) is 0.265. The molecular weight excluding hydrogens is 751 g/mol. The van der Waals surface area contributed by atoms with Crippen molar-refractivity contribution in [2.45, 2.75) is 50.7 Å². The second-order valence-corrected chi connectivity index (χ2v) is 9.84. The molecule has 0 N–H and O–H groups in total. The number of likely N-dealkylation sites (tertiary alicyclic amines) is 1. The van der Waals surface area contributed by atoms with Crippen LogP contribution in [0.2, 0.25) is 0 Å². The second kappa shape index (κ2) is 17.2. The summed E-state index contributed by atoms with van der Waals surface area (Å²) >= 11 is 0. The molecule has 1 fully saturated rings. The van der Waals surface area contributed by atoms with Crippen LogP contribution in [0.5, 0.6) is 0 Å². The van der Waals surface area contributed by atoms with E-state index in [0.29, 0.717) is 26.4 Å². The van der Waals surface area contributed by atoms with E-state index in [9.17, 15) is 0 Å². The molecule has 5 rings (SSSR count). The van der Waals surface area contributed by atoms with Crippen molar-refractivity contribution >= 4 is 0 Å². The molecule has 1 aliphatic rings. The van der Waals surface area contributed by atoms with E-state index < -0.39 is 0 Å². The molecule has 0 unspecified atom stereocenters. The van der Waals surface area contributed by atoms with E-state index in [1.54, 1.807) is 0 Å². The number of ether oxygens (including phenoxy) is 3. The Morgan fingerprint density at radius 1 is 0.550 bits per heavy atom. The molecule has 0 bridgehead atoms. The van der Waals surface area contributed by atoms with Gasteiger partial charge >= 0.3 is 27.7 Å². The van der Waals surface area contributed by atoms with E-state index >= 15 is 0 Å². The quantitative estimate of drug-likeness (QED) is 0.218. The number of nitrogens with zero attached hydrogens (tertiary/aromatic N) is 1. The minimum absolute atomic E-state index is 0. The van der Waals surface area contributed by atoms with Gasteiger partial charge in [0.05, 0.1) is 25.9 Å². The van der Waals surface area contributed by atoms with Crippen LogP contribution in [0.3, 0.4) is 0 Å². The Bertz CT molecular complexity index is 1170. The number of hydrogen-bond donors (Lipinski definition) is 0. The summed E-state index contributed by atoms with van der Waals surface area (Å²) in [6.45, 7) is 7.58. The third-order valence-electron chi connectivity index (χ3n) is 7.06. The van der Waals surface area contributed by atoms with Gasteiger partial charge in [-0.1, -0.05) is 121 Å². The monoisotopic (exact) mass is 787 g/mol. The normalized spacial score (nSPS) is 20.7. The Balaban J connectivity index is 0.00000220. The zero-order chi connectivity index (χ0) is 26.0. The van der Waals surface area contributed by atoms with Gasteiger partial charge < -0.3 is 31.2 Å². The fourth-order valence-electron chi connectivity index (χ4n) is 4.97. The molecule has 0 amide bonds. The second-order valence-electron chi connectivity index (χ2n) is 9.84. The molecule has 4 atom stereocenters. The molecule has 0 aliphatic carbocycles. The maximum Gasteiger partial charge on any atom is 1.00 e. The minimum atomic E-state index is -0.267. The maximum absolute atomic E-state index is 6.62. The van der Waals surface area contributed by atoms with E-state index in [-0.39, 0.29) is 69.0 Å². The van der Waals surface area contributed by atoms with Gasteiger partial charge in [0, 0.05) is 19.1 Å². The molecule has 4 aromatic rings. The Hall–Kier alpha value is -1.86. The summed E-state index contributed by atoms with van der Waals surface area (Å²) in [6.07, 6.45) is -0.712. The molecule has 0 saturated carbocycles. The van der Waals surface area contributed by atoms with Crippen molar-refractivity contribution < 1.29 is 58.9 Å². The zero-order valence-corrected chi connectivity index (χ0v) is 29.9. The average Bonchev–Trinajstić information content (AvgIpc) is 2.98. The van der Waals surface area contributed by atoms with E-state index in [0.717, 1.165) is 23.2 Å². The number of piperidine rings is 1. The van der Waals surface area contributed by atoms with Crippen LogP contribution in [0.15, 0.2) is 121 Å². The van der Waals surface area contributed by atoms with Crippen molar-refractivity contribution in [1.82, 2.24) is 4.90 Å². The van der Waals surface area contributed by atoms with Gasteiger partial charge in [0.2, 0.25) is 0 Å². The summed E-state index contributed by atoms with van der Waals surface area (Å²) in [5.41, 5.74) is 4.64. The van der Waals surface area contributed by atoms with Crippen LogP contribution >= 0.6 is 0 Å². The molecule has 0 aromatic heterocycles. The first kappa shape index (κ1) is 32.6. The summed E-state index contributed by atoms with van der Waals surface area (Å²) < 4.78 is 19.8. The first-order valence-electron chi connectivity index (χ1n) is 13.3. The average molecular weight is 787 g/mol. The molecule has 2 radical (unpaired) electrons. The predicted molar refractivity (Wildman–Crippen MR) is 151 cm³/mol. The van der Waals surface area contributed by atoms with Gasteiger partial charge in [-0.25, -0.2) is 0 Å². The number of halogens is 1. The van der Waals surface area contributed by atoms with Crippen molar-refractivity contribution in [3.8, 4) is 0 Å². The first-order chi connectivity index (χ1) is 18.8. The Labute approximate surface area is 269 Å². The number of rotatable bonds is 11.